The van der Waals surface area contributed by atoms with Gasteiger partial charge >= 0.3 is 7.12 Å². The number of rotatable bonds is 1. The average Bonchev–Trinajstić information content (AvgIpc) is 2.37. The van der Waals surface area contributed by atoms with Gasteiger partial charge in [-0.05, 0) is 46.1 Å². The lowest BCUT2D eigenvalue weighted by Crippen LogP contribution is -2.41. The van der Waals surface area contributed by atoms with Crippen LogP contribution in [0.4, 0.5) is 0 Å². The third-order valence-corrected chi connectivity index (χ3v) is 4.00. The van der Waals surface area contributed by atoms with Crippen LogP contribution in [-0.4, -0.2) is 44.2 Å². The van der Waals surface area contributed by atoms with Crippen molar-refractivity contribution in [3.8, 4) is 0 Å². The summed E-state index contributed by atoms with van der Waals surface area (Å²) in [6.45, 7) is 10.5. The Kier molecular flexibility index (Phi) is 2.97. The van der Waals surface area contributed by atoms with Crippen LogP contribution in [0.3, 0.4) is 0 Å². The highest BCUT2D eigenvalue weighted by Gasteiger charge is 2.52. The first kappa shape index (κ1) is 12.2. The fraction of sp³-hybridized carbons (Fsp3) is 0.818. The van der Waals surface area contributed by atoms with Crippen molar-refractivity contribution in [2.45, 2.75) is 45.3 Å². The van der Waals surface area contributed by atoms with Gasteiger partial charge in [0, 0.05) is 6.54 Å². The van der Waals surface area contributed by atoms with E-state index in [1.807, 2.05) is 0 Å². The molecule has 0 aromatic carbocycles. The highest BCUT2D eigenvalue weighted by Crippen LogP contribution is 2.39. The minimum Gasteiger partial charge on any atom is -0.400 e. The van der Waals surface area contributed by atoms with Crippen molar-refractivity contribution in [2.24, 2.45) is 0 Å². The van der Waals surface area contributed by atoms with Crippen LogP contribution in [0.1, 0.15) is 34.1 Å². The molecule has 3 nitrogen and oxygen atoms in total. The van der Waals surface area contributed by atoms with Crippen molar-refractivity contribution in [1.82, 2.24) is 4.81 Å². The van der Waals surface area contributed by atoms with Gasteiger partial charge < -0.3 is 14.1 Å². The summed E-state index contributed by atoms with van der Waals surface area (Å²) >= 11 is 0. The molecule has 0 amide bonds. The zero-order valence-corrected chi connectivity index (χ0v) is 11.0. The standard InChI is InChI=1S/C11H21B2NO2/c1-10(2)11(3,4)16-13(15-10)9-5-7-14(12)8-6-9/h5H,6-8,12H2,1-4H3. The lowest BCUT2D eigenvalue weighted by Gasteiger charge is -2.32. The predicted octanol–water partition coefficient (Wildman–Crippen LogP) is 0.798. The topological polar surface area (TPSA) is 21.7 Å². The summed E-state index contributed by atoms with van der Waals surface area (Å²) in [5, 5.41) is 0. The Morgan fingerprint density at radius 3 is 2.25 bits per heavy atom. The molecule has 0 saturated carbocycles. The maximum atomic E-state index is 6.03. The molecule has 0 unspecified atom stereocenters. The summed E-state index contributed by atoms with van der Waals surface area (Å²) < 4.78 is 12.1. The normalized spacial score (nSPS) is 29.2. The predicted molar refractivity (Wildman–Crippen MR) is 68.9 cm³/mol. The number of nitrogens with zero attached hydrogens (tertiary/aromatic N) is 1. The first-order valence-corrected chi connectivity index (χ1v) is 6.05. The Morgan fingerprint density at radius 1 is 1.25 bits per heavy atom. The zero-order chi connectivity index (χ0) is 12.0. The van der Waals surface area contributed by atoms with E-state index in [0.29, 0.717) is 0 Å². The van der Waals surface area contributed by atoms with Gasteiger partial charge in [0.15, 0.2) is 7.98 Å². The molecule has 0 aromatic rings. The molecule has 88 valence electrons. The number of hydrogen-bond acceptors (Lipinski definition) is 3. The minimum atomic E-state index is -0.220. The van der Waals surface area contributed by atoms with Crippen molar-refractivity contribution >= 4 is 15.1 Å². The molecule has 2 aliphatic heterocycles. The Morgan fingerprint density at radius 2 is 1.81 bits per heavy atom. The van der Waals surface area contributed by atoms with E-state index < -0.39 is 0 Å². The van der Waals surface area contributed by atoms with Crippen LogP contribution in [0.5, 0.6) is 0 Å². The van der Waals surface area contributed by atoms with Gasteiger partial charge in [-0.25, -0.2) is 0 Å². The van der Waals surface area contributed by atoms with Crippen molar-refractivity contribution in [1.29, 1.82) is 0 Å². The van der Waals surface area contributed by atoms with Crippen molar-refractivity contribution in [3.05, 3.63) is 11.5 Å². The number of hydrogen-bond donors (Lipinski definition) is 0. The van der Waals surface area contributed by atoms with Crippen LogP contribution < -0.4 is 0 Å². The molecular weight excluding hydrogens is 200 g/mol. The van der Waals surface area contributed by atoms with E-state index >= 15 is 0 Å². The zero-order valence-electron chi connectivity index (χ0n) is 11.0. The van der Waals surface area contributed by atoms with Gasteiger partial charge in [-0.15, -0.1) is 0 Å². The third kappa shape index (κ3) is 2.08. The highest BCUT2D eigenvalue weighted by atomic mass is 16.7. The maximum absolute atomic E-state index is 6.03. The molecule has 1 saturated heterocycles. The Labute approximate surface area is 99.7 Å². The summed E-state index contributed by atoms with van der Waals surface area (Å²) in [6.07, 6.45) is 3.29. The highest BCUT2D eigenvalue weighted by molar-refractivity contribution is 6.54. The monoisotopic (exact) mass is 221 g/mol. The van der Waals surface area contributed by atoms with Crippen LogP contribution in [0.2, 0.25) is 0 Å². The Balaban J connectivity index is 2.09. The van der Waals surface area contributed by atoms with Gasteiger partial charge in [-0.2, -0.15) is 0 Å². The smallest absolute Gasteiger partial charge is 0.400 e. The summed E-state index contributed by atoms with van der Waals surface area (Å²) in [7, 11) is 2.00. The Bertz CT molecular complexity index is 299. The second-order valence-corrected chi connectivity index (χ2v) is 5.88. The van der Waals surface area contributed by atoms with Gasteiger partial charge in [-0.3, -0.25) is 0 Å². The first-order chi connectivity index (χ1) is 7.32. The maximum Gasteiger partial charge on any atom is 0.490 e. The second kappa shape index (κ2) is 3.90. The third-order valence-electron chi connectivity index (χ3n) is 4.00. The van der Waals surface area contributed by atoms with Crippen LogP contribution in [0.25, 0.3) is 0 Å². The molecule has 2 rings (SSSR count). The van der Waals surface area contributed by atoms with Crippen LogP contribution in [0, 0.1) is 0 Å². The SMILES string of the molecule is BN1CC=C(B2OC(C)(C)C(C)(C)O2)CC1. The molecule has 2 heterocycles. The largest absolute Gasteiger partial charge is 0.490 e. The fourth-order valence-electron chi connectivity index (χ4n) is 1.99. The van der Waals surface area contributed by atoms with E-state index in [4.69, 9.17) is 9.31 Å². The summed E-state index contributed by atoms with van der Waals surface area (Å²) in [5.41, 5.74) is 0.862. The molecule has 0 radical (unpaired) electrons. The summed E-state index contributed by atoms with van der Waals surface area (Å²) in [5.74, 6) is 0. The molecule has 1 fully saturated rings. The molecule has 0 N–H and O–H groups in total. The van der Waals surface area contributed by atoms with E-state index in [1.165, 1.54) is 5.47 Å². The van der Waals surface area contributed by atoms with Crippen molar-refractivity contribution < 1.29 is 9.31 Å². The molecule has 0 aromatic heterocycles. The van der Waals surface area contributed by atoms with Crippen molar-refractivity contribution in [3.63, 3.8) is 0 Å². The molecule has 5 heteroatoms. The van der Waals surface area contributed by atoms with Gasteiger partial charge in [0.2, 0.25) is 0 Å². The molecule has 0 atom stereocenters. The average molecular weight is 221 g/mol. The quantitative estimate of drug-likeness (QED) is 0.611. The van der Waals surface area contributed by atoms with Crippen molar-refractivity contribution in [2.75, 3.05) is 13.1 Å². The van der Waals surface area contributed by atoms with Gasteiger partial charge in [0.1, 0.15) is 0 Å². The molecular formula is C11H21B2NO2. The van der Waals surface area contributed by atoms with E-state index in [1.54, 1.807) is 0 Å². The van der Waals surface area contributed by atoms with Gasteiger partial charge in [0.05, 0.1) is 11.2 Å². The summed E-state index contributed by atoms with van der Waals surface area (Å²) in [6, 6.07) is 0. The van der Waals surface area contributed by atoms with Crippen LogP contribution in [0.15, 0.2) is 11.5 Å². The van der Waals surface area contributed by atoms with E-state index in [2.05, 4.69) is 46.6 Å². The summed E-state index contributed by atoms with van der Waals surface area (Å²) in [4.78, 5) is 2.30. The van der Waals surface area contributed by atoms with Gasteiger partial charge in [0.25, 0.3) is 0 Å². The first-order valence-electron chi connectivity index (χ1n) is 6.05. The molecule has 0 bridgehead atoms. The lowest BCUT2D eigenvalue weighted by atomic mass is 9.74. The molecule has 2 aliphatic rings. The van der Waals surface area contributed by atoms with E-state index in [-0.39, 0.29) is 18.3 Å². The van der Waals surface area contributed by atoms with E-state index in [0.717, 1.165) is 19.5 Å². The van der Waals surface area contributed by atoms with E-state index in [9.17, 15) is 0 Å². The van der Waals surface area contributed by atoms with Crippen LogP contribution >= 0.6 is 0 Å². The minimum absolute atomic E-state index is 0.140. The molecule has 0 spiro atoms. The van der Waals surface area contributed by atoms with Crippen LogP contribution in [-0.2, 0) is 9.31 Å². The molecule has 16 heavy (non-hydrogen) atoms. The lowest BCUT2D eigenvalue weighted by molar-refractivity contribution is 0.00578. The Hall–Kier alpha value is -0.250. The van der Waals surface area contributed by atoms with Gasteiger partial charge in [-0.1, -0.05) is 6.08 Å². The molecule has 0 aliphatic carbocycles. The second-order valence-electron chi connectivity index (χ2n) is 5.88. The fourth-order valence-corrected chi connectivity index (χ4v) is 1.99.